The summed E-state index contributed by atoms with van der Waals surface area (Å²) in [5, 5.41) is 6.36. The number of aryl methyl sites for hydroxylation is 1. The zero-order chi connectivity index (χ0) is 15.5. The van der Waals surface area contributed by atoms with Crippen LogP contribution in [-0.2, 0) is 10.0 Å². The van der Waals surface area contributed by atoms with Crippen LogP contribution in [0.25, 0.3) is 0 Å². The molecule has 2 N–H and O–H groups in total. The van der Waals surface area contributed by atoms with Gasteiger partial charge in [0.2, 0.25) is 0 Å². The summed E-state index contributed by atoms with van der Waals surface area (Å²) in [5.41, 5.74) is 2.12. The molecule has 0 atom stereocenters. The number of hydrogen-bond donors (Lipinski definition) is 2. The highest BCUT2D eigenvalue weighted by Gasteiger charge is 2.18. The average molecular weight is 308 g/mol. The van der Waals surface area contributed by atoms with E-state index in [1.165, 1.54) is 6.20 Å². The van der Waals surface area contributed by atoms with Gasteiger partial charge in [-0.15, -0.1) is 0 Å². The smallest absolute Gasteiger partial charge is 0.265 e. The fourth-order valence-corrected chi connectivity index (χ4v) is 3.35. The number of hydrogen-bond acceptors (Lipinski definition) is 4. The van der Waals surface area contributed by atoms with Crippen molar-refractivity contribution >= 4 is 21.4 Å². The molecule has 6 nitrogen and oxygen atoms in total. The summed E-state index contributed by atoms with van der Waals surface area (Å²) in [5.74, 6) is 0. The number of aromatic nitrogens is 2. The first-order chi connectivity index (χ1) is 9.97. The summed E-state index contributed by atoms with van der Waals surface area (Å²) in [6.45, 7) is 7.67. The molecular formula is C14H20N4O2S. The highest BCUT2D eigenvalue weighted by molar-refractivity contribution is 7.92. The van der Waals surface area contributed by atoms with Gasteiger partial charge in [0.15, 0.2) is 0 Å². The molecule has 2 rings (SSSR count). The molecule has 0 saturated carbocycles. The van der Waals surface area contributed by atoms with Crippen molar-refractivity contribution in [3.8, 4) is 0 Å². The fourth-order valence-electron chi connectivity index (χ4n) is 2.15. The molecule has 1 aromatic carbocycles. The maximum Gasteiger partial charge on any atom is 0.265 e. The number of H-pyrrole nitrogens is 1. The van der Waals surface area contributed by atoms with Crippen molar-refractivity contribution in [1.82, 2.24) is 10.2 Å². The molecule has 2 aromatic rings. The molecule has 1 aromatic heterocycles. The lowest BCUT2D eigenvalue weighted by molar-refractivity contribution is 0.600. The van der Waals surface area contributed by atoms with Crippen molar-refractivity contribution in [2.75, 3.05) is 22.7 Å². The Kier molecular flexibility index (Phi) is 4.52. The Hall–Kier alpha value is -2.02. The third kappa shape index (κ3) is 3.36. The summed E-state index contributed by atoms with van der Waals surface area (Å²) < 4.78 is 27.0. The van der Waals surface area contributed by atoms with E-state index in [0.717, 1.165) is 18.8 Å². The van der Waals surface area contributed by atoms with E-state index in [-0.39, 0.29) is 4.90 Å². The Morgan fingerprint density at radius 2 is 1.81 bits per heavy atom. The van der Waals surface area contributed by atoms with Crippen LogP contribution in [0.3, 0.4) is 0 Å². The van der Waals surface area contributed by atoms with E-state index in [4.69, 9.17) is 0 Å². The van der Waals surface area contributed by atoms with E-state index in [9.17, 15) is 8.42 Å². The third-order valence-electron chi connectivity index (χ3n) is 3.32. The Balaban J connectivity index is 2.19. The van der Waals surface area contributed by atoms with Gasteiger partial charge in [0.05, 0.1) is 11.9 Å². The summed E-state index contributed by atoms with van der Waals surface area (Å²) in [6.07, 6.45) is 1.31. The molecule has 0 spiro atoms. The van der Waals surface area contributed by atoms with E-state index >= 15 is 0 Å². The summed E-state index contributed by atoms with van der Waals surface area (Å²) >= 11 is 0. The van der Waals surface area contributed by atoms with Crippen LogP contribution in [0.2, 0.25) is 0 Å². The second-order valence-electron chi connectivity index (χ2n) is 4.68. The molecule has 0 aliphatic heterocycles. The van der Waals surface area contributed by atoms with Gasteiger partial charge in [-0.3, -0.25) is 9.82 Å². The first kappa shape index (κ1) is 15.4. The molecule has 0 fully saturated rings. The summed E-state index contributed by atoms with van der Waals surface area (Å²) in [6, 6.07) is 7.35. The molecular weight excluding hydrogens is 288 g/mol. The Morgan fingerprint density at radius 3 is 2.29 bits per heavy atom. The van der Waals surface area contributed by atoms with Crippen LogP contribution < -0.4 is 9.62 Å². The molecule has 0 unspecified atom stereocenters. The maximum absolute atomic E-state index is 12.2. The molecule has 7 heteroatoms. The largest absolute Gasteiger partial charge is 0.372 e. The zero-order valence-corrected chi connectivity index (χ0v) is 13.2. The van der Waals surface area contributed by atoms with Crippen LogP contribution in [0, 0.1) is 6.92 Å². The lowest BCUT2D eigenvalue weighted by Gasteiger charge is -2.21. The van der Waals surface area contributed by atoms with Gasteiger partial charge in [-0.25, -0.2) is 8.42 Å². The molecule has 0 saturated heterocycles. The van der Waals surface area contributed by atoms with Crippen LogP contribution >= 0.6 is 0 Å². The Labute approximate surface area is 125 Å². The average Bonchev–Trinajstić information content (AvgIpc) is 2.89. The standard InChI is InChI=1S/C14H20N4O2S/c1-4-18(5-2)13-8-6-12(7-9-13)17-21(19,20)14-10-15-16-11(14)3/h6-10,17H,4-5H2,1-3H3,(H,15,16). The molecule has 0 aliphatic carbocycles. The van der Waals surface area contributed by atoms with Crippen LogP contribution in [0.15, 0.2) is 35.4 Å². The number of sulfonamides is 1. The van der Waals surface area contributed by atoms with Gasteiger partial charge in [0.1, 0.15) is 4.90 Å². The van der Waals surface area contributed by atoms with E-state index in [1.807, 2.05) is 12.1 Å². The summed E-state index contributed by atoms with van der Waals surface area (Å²) in [7, 11) is -3.60. The van der Waals surface area contributed by atoms with Gasteiger partial charge in [0, 0.05) is 24.5 Å². The van der Waals surface area contributed by atoms with E-state index in [1.54, 1.807) is 19.1 Å². The molecule has 1 heterocycles. The number of aromatic amines is 1. The number of nitrogens with one attached hydrogen (secondary N) is 2. The molecule has 0 radical (unpaired) electrons. The minimum absolute atomic E-state index is 0.162. The second kappa shape index (κ2) is 6.17. The molecule has 0 bridgehead atoms. The van der Waals surface area contributed by atoms with Crippen molar-refractivity contribution < 1.29 is 8.42 Å². The first-order valence-electron chi connectivity index (χ1n) is 6.85. The number of nitrogens with zero attached hydrogens (tertiary/aromatic N) is 2. The number of benzene rings is 1. The normalized spacial score (nSPS) is 11.4. The Bertz CT molecular complexity index is 688. The monoisotopic (exact) mass is 308 g/mol. The van der Waals surface area contributed by atoms with Gasteiger partial charge >= 0.3 is 0 Å². The van der Waals surface area contributed by atoms with Gasteiger partial charge in [0.25, 0.3) is 10.0 Å². The highest BCUT2D eigenvalue weighted by Crippen LogP contribution is 2.21. The summed E-state index contributed by atoms with van der Waals surface area (Å²) in [4.78, 5) is 2.36. The van der Waals surface area contributed by atoms with Crippen LogP contribution in [-0.4, -0.2) is 31.7 Å². The maximum atomic E-state index is 12.2. The van der Waals surface area contributed by atoms with Crippen molar-refractivity contribution in [1.29, 1.82) is 0 Å². The van der Waals surface area contributed by atoms with Gasteiger partial charge in [-0.05, 0) is 45.0 Å². The quantitative estimate of drug-likeness (QED) is 0.859. The second-order valence-corrected chi connectivity index (χ2v) is 6.33. The van der Waals surface area contributed by atoms with Crippen LogP contribution in [0.1, 0.15) is 19.5 Å². The number of anilines is 2. The fraction of sp³-hybridized carbons (Fsp3) is 0.357. The molecule has 0 amide bonds. The molecule has 21 heavy (non-hydrogen) atoms. The Morgan fingerprint density at radius 1 is 1.19 bits per heavy atom. The zero-order valence-electron chi connectivity index (χ0n) is 12.4. The van der Waals surface area contributed by atoms with Crippen LogP contribution in [0.5, 0.6) is 0 Å². The van der Waals surface area contributed by atoms with Crippen molar-refractivity contribution in [3.05, 3.63) is 36.2 Å². The van der Waals surface area contributed by atoms with Crippen molar-refractivity contribution in [2.45, 2.75) is 25.7 Å². The highest BCUT2D eigenvalue weighted by atomic mass is 32.2. The lowest BCUT2D eigenvalue weighted by atomic mass is 10.2. The topological polar surface area (TPSA) is 78.1 Å². The third-order valence-corrected chi connectivity index (χ3v) is 4.82. The van der Waals surface area contributed by atoms with Gasteiger partial charge < -0.3 is 4.90 Å². The van der Waals surface area contributed by atoms with Crippen molar-refractivity contribution in [2.24, 2.45) is 0 Å². The van der Waals surface area contributed by atoms with E-state index in [2.05, 4.69) is 33.7 Å². The van der Waals surface area contributed by atoms with Crippen LogP contribution in [0.4, 0.5) is 11.4 Å². The molecule has 114 valence electrons. The lowest BCUT2D eigenvalue weighted by Crippen LogP contribution is -2.21. The minimum Gasteiger partial charge on any atom is -0.372 e. The van der Waals surface area contributed by atoms with E-state index < -0.39 is 10.0 Å². The first-order valence-corrected chi connectivity index (χ1v) is 8.34. The number of rotatable bonds is 6. The minimum atomic E-state index is -3.60. The van der Waals surface area contributed by atoms with Crippen molar-refractivity contribution in [3.63, 3.8) is 0 Å². The predicted octanol–water partition coefficient (Wildman–Crippen LogP) is 2.37. The SMILES string of the molecule is CCN(CC)c1ccc(NS(=O)(=O)c2cn[nH]c2C)cc1. The van der Waals surface area contributed by atoms with E-state index in [0.29, 0.717) is 11.4 Å². The predicted molar refractivity (Wildman–Crippen MR) is 84.1 cm³/mol. The van der Waals surface area contributed by atoms with Gasteiger partial charge in [-0.2, -0.15) is 5.10 Å². The van der Waals surface area contributed by atoms with Gasteiger partial charge in [-0.1, -0.05) is 0 Å². The molecule has 0 aliphatic rings.